The number of rotatable bonds is 5. The summed E-state index contributed by atoms with van der Waals surface area (Å²) in [4.78, 5) is 5.05. The molecule has 148 valence electrons. The summed E-state index contributed by atoms with van der Waals surface area (Å²) >= 11 is 0. The maximum absolute atomic E-state index is 4.46. The molecule has 0 bridgehead atoms. The lowest BCUT2D eigenvalue weighted by Gasteiger charge is -2.39. The Kier molecular flexibility index (Phi) is 7.07. The van der Waals surface area contributed by atoms with Crippen molar-refractivity contribution in [2.45, 2.75) is 57.5 Å². The quantitative estimate of drug-likeness (QED) is 0.775. The lowest BCUT2D eigenvalue weighted by atomic mass is 9.95. The van der Waals surface area contributed by atoms with Gasteiger partial charge in [-0.3, -0.25) is 4.90 Å². The number of halogens is 1. The first-order valence-corrected chi connectivity index (χ1v) is 10.2. The lowest BCUT2D eigenvalue weighted by Crippen LogP contribution is -2.48. The van der Waals surface area contributed by atoms with E-state index in [4.69, 9.17) is 0 Å². The third kappa shape index (κ3) is 4.43. The molecule has 1 atom stereocenters. The maximum Gasteiger partial charge on any atom is 0.168 e. The van der Waals surface area contributed by atoms with Gasteiger partial charge < -0.3 is 4.90 Å². The van der Waals surface area contributed by atoms with E-state index in [2.05, 4.69) is 67.3 Å². The summed E-state index contributed by atoms with van der Waals surface area (Å²) in [7, 11) is 0. The normalized spacial score (nSPS) is 20.3. The first kappa shape index (κ1) is 20.1. The van der Waals surface area contributed by atoms with Gasteiger partial charge in [-0.15, -0.1) is 17.5 Å². The minimum Gasteiger partial charge on any atom is -0.369 e. The number of nitrogens with zero attached hydrogens (tertiary/aromatic N) is 6. The zero-order valence-electron chi connectivity index (χ0n) is 16.2. The smallest absolute Gasteiger partial charge is 0.168 e. The van der Waals surface area contributed by atoms with Crippen LogP contribution in [0.3, 0.4) is 0 Å². The molecule has 0 radical (unpaired) electrons. The van der Waals surface area contributed by atoms with E-state index >= 15 is 0 Å². The van der Waals surface area contributed by atoms with E-state index < -0.39 is 0 Å². The summed E-state index contributed by atoms with van der Waals surface area (Å²) < 4.78 is 2.15. The fourth-order valence-electron chi connectivity index (χ4n) is 4.54. The second kappa shape index (κ2) is 9.51. The molecule has 0 N–H and O–H groups in total. The van der Waals surface area contributed by atoms with Crippen molar-refractivity contribution in [3.05, 3.63) is 36.2 Å². The number of anilines is 1. The molecular formula is C20H31ClN6. The van der Waals surface area contributed by atoms with Gasteiger partial charge in [-0.25, -0.2) is 4.68 Å². The van der Waals surface area contributed by atoms with E-state index in [1.165, 1.54) is 37.8 Å². The van der Waals surface area contributed by atoms with Crippen molar-refractivity contribution in [2.24, 2.45) is 0 Å². The Bertz CT molecular complexity index is 677. The summed E-state index contributed by atoms with van der Waals surface area (Å²) in [5.41, 5.74) is 1.33. The predicted molar refractivity (Wildman–Crippen MR) is 110 cm³/mol. The number of hydrogen-bond acceptors (Lipinski definition) is 5. The van der Waals surface area contributed by atoms with Gasteiger partial charge in [-0.05, 0) is 41.8 Å². The van der Waals surface area contributed by atoms with Gasteiger partial charge >= 0.3 is 0 Å². The van der Waals surface area contributed by atoms with Crippen molar-refractivity contribution in [3.8, 4) is 0 Å². The van der Waals surface area contributed by atoms with E-state index in [0.29, 0.717) is 12.1 Å². The molecule has 1 aliphatic heterocycles. The van der Waals surface area contributed by atoms with Crippen molar-refractivity contribution < 1.29 is 0 Å². The average Bonchev–Trinajstić information content (AvgIpc) is 3.20. The zero-order chi connectivity index (χ0) is 17.8. The molecule has 4 rings (SSSR count). The van der Waals surface area contributed by atoms with Crippen molar-refractivity contribution in [2.75, 3.05) is 31.1 Å². The Labute approximate surface area is 168 Å². The van der Waals surface area contributed by atoms with Crippen LogP contribution in [0.25, 0.3) is 0 Å². The van der Waals surface area contributed by atoms with Crippen LogP contribution in [0, 0.1) is 0 Å². The first-order chi connectivity index (χ1) is 12.9. The monoisotopic (exact) mass is 390 g/mol. The Morgan fingerprint density at radius 1 is 1.00 bits per heavy atom. The number of para-hydroxylation sites is 1. The molecule has 2 fully saturated rings. The largest absolute Gasteiger partial charge is 0.369 e. The molecule has 7 heteroatoms. The van der Waals surface area contributed by atoms with Gasteiger partial charge in [0, 0.05) is 31.9 Å². The number of tetrazole rings is 1. The highest BCUT2D eigenvalue weighted by molar-refractivity contribution is 5.85. The highest BCUT2D eigenvalue weighted by atomic mass is 35.5. The summed E-state index contributed by atoms with van der Waals surface area (Å²) in [5.74, 6) is 1.08. The molecule has 1 unspecified atom stereocenters. The van der Waals surface area contributed by atoms with Gasteiger partial charge in [0.25, 0.3) is 0 Å². The molecular weight excluding hydrogens is 360 g/mol. The Balaban J connectivity index is 0.00000210. The zero-order valence-corrected chi connectivity index (χ0v) is 17.0. The summed E-state index contributed by atoms with van der Waals surface area (Å²) in [6.07, 6.45) is 7.45. The van der Waals surface area contributed by atoms with Crippen LogP contribution in [0.1, 0.15) is 63.4 Å². The van der Waals surface area contributed by atoms with Gasteiger partial charge in [0.2, 0.25) is 0 Å². The molecule has 27 heavy (non-hydrogen) atoms. The standard InChI is InChI=1S/C20H30N6.ClH/c1-2-19(20-21-22-23-26(20)18-11-7-4-8-12-18)25-15-13-24(14-16-25)17-9-5-3-6-10-17;/h3,5-6,9-10,18-19H,2,4,7-8,11-16H2,1H3;1H. The minimum atomic E-state index is 0. The Morgan fingerprint density at radius 2 is 1.70 bits per heavy atom. The van der Waals surface area contributed by atoms with E-state index in [0.717, 1.165) is 38.4 Å². The fourth-order valence-corrected chi connectivity index (χ4v) is 4.54. The molecule has 1 aromatic heterocycles. The molecule has 6 nitrogen and oxygen atoms in total. The van der Waals surface area contributed by atoms with Crippen LogP contribution < -0.4 is 4.90 Å². The number of hydrogen-bond donors (Lipinski definition) is 0. The second-order valence-electron chi connectivity index (χ2n) is 7.56. The van der Waals surface area contributed by atoms with Gasteiger partial charge in [-0.1, -0.05) is 44.4 Å². The highest BCUT2D eigenvalue weighted by Crippen LogP contribution is 2.32. The summed E-state index contributed by atoms with van der Waals surface area (Å²) in [6, 6.07) is 11.5. The second-order valence-corrected chi connectivity index (χ2v) is 7.56. The van der Waals surface area contributed by atoms with Gasteiger partial charge in [-0.2, -0.15) is 0 Å². The van der Waals surface area contributed by atoms with Crippen LogP contribution >= 0.6 is 12.4 Å². The average molecular weight is 391 g/mol. The van der Waals surface area contributed by atoms with Gasteiger partial charge in [0.1, 0.15) is 0 Å². The fraction of sp³-hybridized carbons (Fsp3) is 0.650. The number of benzene rings is 1. The van der Waals surface area contributed by atoms with Crippen molar-refractivity contribution >= 4 is 18.1 Å². The molecule has 2 aromatic rings. The topological polar surface area (TPSA) is 50.1 Å². The SMILES string of the molecule is CCC(c1nnnn1C1CCCCC1)N1CCN(c2ccccc2)CC1.Cl. The first-order valence-electron chi connectivity index (χ1n) is 10.2. The third-order valence-corrected chi connectivity index (χ3v) is 6.00. The summed E-state index contributed by atoms with van der Waals surface area (Å²) in [5, 5.41) is 12.9. The highest BCUT2D eigenvalue weighted by Gasteiger charge is 2.30. The molecule has 1 aromatic carbocycles. The lowest BCUT2D eigenvalue weighted by molar-refractivity contribution is 0.163. The minimum absolute atomic E-state index is 0. The van der Waals surface area contributed by atoms with Crippen LogP contribution in [-0.4, -0.2) is 51.3 Å². The molecule has 0 spiro atoms. The van der Waals surface area contributed by atoms with Crippen LogP contribution in [0.5, 0.6) is 0 Å². The molecule has 1 aliphatic carbocycles. The molecule has 2 heterocycles. The van der Waals surface area contributed by atoms with Gasteiger partial charge in [0.05, 0.1) is 12.1 Å². The van der Waals surface area contributed by atoms with E-state index in [1.807, 2.05) is 0 Å². The third-order valence-electron chi connectivity index (χ3n) is 6.00. The summed E-state index contributed by atoms with van der Waals surface area (Å²) in [6.45, 7) is 6.50. The predicted octanol–water partition coefficient (Wildman–Crippen LogP) is 3.87. The molecule has 1 saturated heterocycles. The van der Waals surface area contributed by atoms with Crippen LogP contribution in [0.15, 0.2) is 30.3 Å². The van der Waals surface area contributed by atoms with Gasteiger partial charge in [0.15, 0.2) is 5.82 Å². The van der Waals surface area contributed by atoms with Crippen LogP contribution in [-0.2, 0) is 0 Å². The van der Waals surface area contributed by atoms with E-state index in [1.54, 1.807) is 0 Å². The van der Waals surface area contributed by atoms with Crippen molar-refractivity contribution in [3.63, 3.8) is 0 Å². The van der Waals surface area contributed by atoms with Crippen LogP contribution in [0.4, 0.5) is 5.69 Å². The van der Waals surface area contributed by atoms with E-state index in [-0.39, 0.29) is 12.4 Å². The number of piperazine rings is 1. The van der Waals surface area contributed by atoms with Crippen LogP contribution in [0.2, 0.25) is 0 Å². The van der Waals surface area contributed by atoms with Crippen molar-refractivity contribution in [1.29, 1.82) is 0 Å². The molecule has 0 amide bonds. The van der Waals surface area contributed by atoms with Crippen molar-refractivity contribution in [1.82, 2.24) is 25.1 Å². The Hall–Kier alpha value is -1.66. The molecule has 2 aliphatic rings. The molecule has 1 saturated carbocycles. The number of aromatic nitrogens is 4. The Morgan fingerprint density at radius 3 is 2.37 bits per heavy atom. The van der Waals surface area contributed by atoms with E-state index in [9.17, 15) is 0 Å². The maximum atomic E-state index is 4.46.